The van der Waals surface area contributed by atoms with Crippen LogP contribution in [0.15, 0.2) is 10.1 Å². The molecule has 0 aromatic rings. The number of hydrogen-bond donors (Lipinski definition) is 2. The van der Waals surface area contributed by atoms with Gasteiger partial charge >= 0.3 is 11.9 Å². The molecule has 0 heterocycles. The number of aliphatic carboxylic acids is 2. The second-order valence-corrected chi connectivity index (χ2v) is 7.53. The van der Waals surface area contributed by atoms with E-state index >= 15 is 0 Å². The van der Waals surface area contributed by atoms with Crippen molar-refractivity contribution in [1.82, 2.24) is 0 Å². The minimum atomic E-state index is -2.18. The molecule has 0 aromatic heterocycles. The van der Waals surface area contributed by atoms with Crippen LogP contribution in [0.1, 0.15) is 0 Å². The second-order valence-electron chi connectivity index (χ2n) is 4.26. The van der Waals surface area contributed by atoms with Crippen LogP contribution in [0.3, 0.4) is 0 Å². The fraction of sp³-hybridized carbons (Fsp3) is 0.556. The summed E-state index contributed by atoms with van der Waals surface area (Å²) in [6, 6.07) is 0. The van der Waals surface area contributed by atoms with Crippen molar-refractivity contribution in [2.45, 2.75) is 14.1 Å². The van der Waals surface area contributed by atoms with Crippen LogP contribution in [0, 0.1) is 11.8 Å². The number of alkyl halides is 4. The van der Waals surface area contributed by atoms with Crippen molar-refractivity contribution < 1.29 is 36.9 Å². The molecule has 11 heteroatoms. The maximum atomic E-state index is 11.3. The zero-order chi connectivity index (χ0) is 15.0. The topological polar surface area (TPSA) is 74.6 Å². The van der Waals surface area contributed by atoms with Crippen molar-refractivity contribution in [2.75, 3.05) is 0 Å². The molecule has 2 N–H and O–H groups in total. The molecule has 0 aliphatic heterocycles. The summed E-state index contributed by atoms with van der Waals surface area (Å²) in [4.78, 5) is 18.5. The van der Waals surface area contributed by atoms with E-state index in [0.29, 0.717) is 0 Å². The van der Waals surface area contributed by atoms with Crippen LogP contribution in [-0.4, -0.2) is 36.2 Å². The molecule has 1 saturated carbocycles. The summed E-state index contributed by atoms with van der Waals surface area (Å²) >= 11 is 36.2. The molecule has 0 spiro atoms. The Labute approximate surface area is 153 Å². The Morgan fingerprint density at radius 1 is 0.850 bits per heavy atom. The Balaban J connectivity index is 0.00000200. The predicted octanol–water partition coefficient (Wildman–Crippen LogP) is 3.23. The van der Waals surface area contributed by atoms with Crippen LogP contribution in [-0.2, 0) is 26.7 Å². The third kappa shape index (κ3) is 1.75. The number of rotatable bonds is 2. The predicted molar refractivity (Wildman–Crippen MR) is 72.6 cm³/mol. The number of halogens is 6. The van der Waals surface area contributed by atoms with Crippen LogP contribution in [0.2, 0.25) is 0 Å². The van der Waals surface area contributed by atoms with Crippen molar-refractivity contribution in [2.24, 2.45) is 11.8 Å². The molecule has 1 fully saturated rings. The maximum absolute atomic E-state index is 11.3. The van der Waals surface area contributed by atoms with E-state index in [1.54, 1.807) is 0 Å². The van der Waals surface area contributed by atoms with Crippen LogP contribution in [0.25, 0.3) is 0 Å². The molecule has 0 saturated heterocycles. The summed E-state index contributed by atoms with van der Waals surface area (Å²) in [5, 5.41) is 17.8. The number of carbonyl (C=O) groups is 2. The molecule has 2 aliphatic carbocycles. The van der Waals surface area contributed by atoms with Crippen LogP contribution in [0.4, 0.5) is 0 Å². The van der Waals surface area contributed by atoms with Gasteiger partial charge < -0.3 is 10.2 Å². The molecule has 2 bridgehead atoms. The van der Waals surface area contributed by atoms with Gasteiger partial charge in [-0.3, -0.25) is 9.59 Å². The Bertz CT molecular complexity index is 493. The molecule has 4 atom stereocenters. The first-order chi connectivity index (χ1) is 8.45. The fourth-order valence-corrected chi connectivity index (χ4v) is 5.54. The Hall–Kier alpha value is 0.939. The molecule has 4 unspecified atom stereocenters. The Morgan fingerprint density at radius 2 is 1.10 bits per heavy atom. The molecule has 0 radical (unpaired) electrons. The summed E-state index contributed by atoms with van der Waals surface area (Å²) in [6.07, 6.45) is 0. The molecule has 0 amide bonds. The van der Waals surface area contributed by atoms with Crippen molar-refractivity contribution in [3.8, 4) is 0 Å². The van der Waals surface area contributed by atoms with Crippen molar-refractivity contribution in [3.63, 3.8) is 0 Å². The molecule has 2 aliphatic rings. The number of fused-ring (bicyclic) bond motifs is 2. The van der Waals surface area contributed by atoms with Gasteiger partial charge in [0.1, 0.15) is 9.75 Å². The Morgan fingerprint density at radius 3 is 1.30 bits per heavy atom. The SMILES string of the molecule is O=C(O)C1C(C(=O)O)C2(Cl)C(Cl)=C(Cl)C1(Cl)C2(Cl)Cl.[Fe]. The van der Waals surface area contributed by atoms with E-state index in [4.69, 9.17) is 69.6 Å². The van der Waals surface area contributed by atoms with Gasteiger partial charge in [-0.2, -0.15) is 0 Å². The Kier molecular flexibility index (Phi) is 4.98. The van der Waals surface area contributed by atoms with E-state index in [2.05, 4.69) is 0 Å². The van der Waals surface area contributed by atoms with Crippen molar-refractivity contribution in [3.05, 3.63) is 10.1 Å². The summed E-state index contributed by atoms with van der Waals surface area (Å²) in [5.74, 6) is -6.49. The zero-order valence-corrected chi connectivity index (χ0v) is 14.6. The van der Waals surface area contributed by atoms with Gasteiger partial charge in [-0.15, -0.1) is 23.2 Å². The minimum Gasteiger partial charge on any atom is -0.481 e. The average molecular weight is 445 g/mol. The van der Waals surface area contributed by atoms with E-state index in [1.807, 2.05) is 0 Å². The average Bonchev–Trinajstić information content (AvgIpc) is 2.48. The monoisotopic (exact) mass is 442 g/mol. The first-order valence-corrected chi connectivity index (χ1v) is 7.00. The number of allylic oxidation sites excluding steroid dienone is 2. The maximum Gasteiger partial charge on any atom is 0.309 e. The summed E-state index contributed by atoms with van der Waals surface area (Å²) in [6.45, 7) is 0. The van der Waals surface area contributed by atoms with Gasteiger partial charge in [0.25, 0.3) is 0 Å². The minimum absolute atomic E-state index is 0. The van der Waals surface area contributed by atoms with E-state index in [1.165, 1.54) is 0 Å². The van der Waals surface area contributed by atoms with Gasteiger partial charge in [0.15, 0.2) is 4.33 Å². The first kappa shape index (κ1) is 19.0. The third-order valence-corrected chi connectivity index (χ3v) is 7.73. The van der Waals surface area contributed by atoms with E-state index in [0.717, 1.165) is 0 Å². The normalized spacial score (nSPS) is 41.5. The first-order valence-electron chi connectivity index (χ1n) is 4.73. The third-order valence-electron chi connectivity index (χ3n) is 3.47. The van der Waals surface area contributed by atoms with Gasteiger partial charge in [-0.25, -0.2) is 0 Å². The summed E-state index contributed by atoms with van der Waals surface area (Å²) < 4.78 is -2.18. The standard InChI is InChI=1S/C9H4Cl6O4.Fe/c10-3-4(11)8(13)2(6(18)19)1(5(16)17)7(3,12)9(8,14)15;/h1-2H,(H,16,17)(H,18,19);. The van der Waals surface area contributed by atoms with Gasteiger partial charge in [0, 0.05) is 17.1 Å². The van der Waals surface area contributed by atoms with Crippen LogP contribution >= 0.6 is 69.6 Å². The molecular formula is C9H4Cl6FeO4. The number of carboxylic acids is 2. The van der Waals surface area contributed by atoms with Crippen LogP contribution in [0.5, 0.6) is 0 Å². The molecule has 2 rings (SSSR count). The van der Waals surface area contributed by atoms with E-state index < -0.39 is 37.9 Å². The molecule has 4 nitrogen and oxygen atoms in total. The largest absolute Gasteiger partial charge is 0.481 e. The summed E-state index contributed by atoms with van der Waals surface area (Å²) in [7, 11) is 0. The van der Waals surface area contributed by atoms with Gasteiger partial charge in [0.2, 0.25) is 0 Å². The van der Waals surface area contributed by atoms with Gasteiger partial charge in [-0.1, -0.05) is 46.4 Å². The molecule has 20 heavy (non-hydrogen) atoms. The summed E-state index contributed by atoms with van der Waals surface area (Å²) in [5.41, 5.74) is 0. The van der Waals surface area contributed by atoms with Crippen LogP contribution < -0.4 is 0 Å². The van der Waals surface area contributed by atoms with Gasteiger partial charge in [0.05, 0.1) is 21.9 Å². The zero-order valence-electron chi connectivity index (χ0n) is 8.99. The quantitative estimate of drug-likeness (QED) is 0.507. The second kappa shape index (κ2) is 5.24. The van der Waals surface area contributed by atoms with E-state index in [9.17, 15) is 19.8 Å². The van der Waals surface area contributed by atoms with Crippen molar-refractivity contribution >= 4 is 81.5 Å². The molecule has 0 aromatic carbocycles. The fourth-order valence-electron chi connectivity index (χ4n) is 2.61. The molecular weight excluding hydrogens is 441 g/mol. The number of carboxylic acid groups (broad SMARTS) is 2. The molecule has 114 valence electrons. The van der Waals surface area contributed by atoms with Crippen molar-refractivity contribution in [1.29, 1.82) is 0 Å². The number of hydrogen-bond acceptors (Lipinski definition) is 2. The van der Waals surface area contributed by atoms with E-state index in [-0.39, 0.29) is 27.1 Å². The smallest absolute Gasteiger partial charge is 0.309 e. The van der Waals surface area contributed by atoms with Gasteiger partial charge in [-0.05, 0) is 0 Å².